The Bertz CT molecular complexity index is 1030. The maximum absolute atomic E-state index is 12.9. The van der Waals surface area contributed by atoms with Crippen LogP contribution in [0.25, 0.3) is 10.2 Å². The summed E-state index contributed by atoms with van der Waals surface area (Å²) in [7, 11) is 0. The van der Waals surface area contributed by atoms with Gasteiger partial charge in [-0.1, -0.05) is 36.9 Å². The van der Waals surface area contributed by atoms with Crippen LogP contribution >= 0.6 is 23.1 Å². The van der Waals surface area contributed by atoms with Gasteiger partial charge in [0.25, 0.3) is 0 Å². The van der Waals surface area contributed by atoms with Crippen molar-refractivity contribution in [3.63, 3.8) is 0 Å². The third-order valence-electron chi connectivity index (χ3n) is 5.58. The molecule has 3 heterocycles. The van der Waals surface area contributed by atoms with E-state index >= 15 is 0 Å². The molecule has 0 radical (unpaired) electrons. The number of para-hydroxylation sites is 1. The number of fused-ring (bicyclic) bond motifs is 4. The first-order chi connectivity index (χ1) is 13.2. The van der Waals surface area contributed by atoms with E-state index in [4.69, 9.17) is 0 Å². The van der Waals surface area contributed by atoms with Crippen molar-refractivity contribution in [1.29, 1.82) is 0 Å². The zero-order valence-corrected chi connectivity index (χ0v) is 16.9. The van der Waals surface area contributed by atoms with Crippen molar-refractivity contribution in [3.05, 3.63) is 46.6 Å². The summed E-state index contributed by atoms with van der Waals surface area (Å²) in [5.41, 5.74) is 3.76. The predicted octanol–water partition coefficient (Wildman–Crippen LogP) is 4.50. The number of carbonyl (C=O) groups is 1. The number of rotatable bonds is 3. The Balaban J connectivity index is 1.39. The van der Waals surface area contributed by atoms with E-state index in [1.165, 1.54) is 27.8 Å². The summed E-state index contributed by atoms with van der Waals surface area (Å²) in [6.07, 6.45) is 6.06. The molecule has 0 N–H and O–H groups in total. The van der Waals surface area contributed by atoms with E-state index in [-0.39, 0.29) is 5.91 Å². The minimum absolute atomic E-state index is 0.162. The average molecular weight is 396 g/mol. The molecule has 4 nitrogen and oxygen atoms in total. The Morgan fingerprint density at radius 3 is 3.11 bits per heavy atom. The highest BCUT2D eigenvalue weighted by atomic mass is 32.2. The first kappa shape index (κ1) is 17.2. The molecular weight excluding hydrogens is 374 g/mol. The van der Waals surface area contributed by atoms with Gasteiger partial charge in [0.15, 0.2) is 0 Å². The number of benzene rings is 1. The number of aromatic nitrogens is 2. The lowest BCUT2D eigenvalue weighted by molar-refractivity contribution is -0.116. The number of thiophene rings is 1. The number of hydrogen-bond donors (Lipinski definition) is 0. The molecule has 2 aliphatic rings. The smallest absolute Gasteiger partial charge is 0.237 e. The lowest BCUT2D eigenvalue weighted by Gasteiger charge is -2.18. The summed E-state index contributed by atoms with van der Waals surface area (Å²) >= 11 is 3.37. The van der Waals surface area contributed by atoms with Gasteiger partial charge in [0.1, 0.15) is 16.2 Å². The molecule has 27 heavy (non-hydrogen) atoms. The van der Waals surface area contributed by atoms with Gasteiger partial charge in [0.2, 0.25) is 5.91 Å². The molecule has 6 heteroatoms. The Morgan fingerprint density at radius 2 is 2.19 bits per heavy atom. The number of nitrogens with zero attached hydrogens (tertiary/aromatic N) is 3. The molecule has 0 fully saturated rings. The first-order valence-corrected chi connectivity index (χ1v) is 11.3. The van der Waals surface area contributed by atoms with Crippen LogP contribution < -0.4 is 4.90 Å². The summed E-state index contributed by atoms with van der Waals surface area (Å²) in [4.78, 5) is 26.4. The Hall–Kier alpha value is -1.92. The molecule has 1 aliphatic carbocycles. The summed E-state index contributed by atoms with van der Waals surface area (Å²) < 4.78 is 0. The van der Waals surface area contributed by atoms with E-state index in [9.17, 15) is 4.79 Å². The van der Waals surface area contributed by atoms with Crippen molar-refractivity contribution >= 4 is 44.9 Å². The van der Waals surface area contributed by atoms with Gasteiger partial charge in [-0.15, -0.1) is 11.3 Å². The number of carbonyl (C=O) groups excluding carboxylic acids is 1. The zero-order valence-electron chi connectivity index (χ0n) is 15.3. The van der Waals surface area contributed by atoms with Gasteiger partial charge in [0, 0.05) is 22.5 Å². The van der Waals surface area contributed by atoms with Gasteiger partial charge >= 0.3 is 0 Å². The lowest BCUT2D eigenvalue weighted by Crippen LogP contribution is -2.30. The SMILES string of the molecule is CC1CCc2c(sc3ncnc(SCC(=O)N4CCc5ccccc54)c23)C1. The fraction of sp³-hybridized carbons (Fsp3) is 0.381. The van der Waals surface area contributed by atoms with E-state index in [1.54, 1.807) is 18.1 Å². The fourth-order valence-electron chi connectivity index (χ4n) is 4.16. The van der Waals surface area contributed by atoms with Gasteiger partial charge in [-0.3, -0.25) is 4.79 Å². The average Bonchev–Trinajstić information content (AvgIpc) is 3.27. The summed E-state index contributed by atoms with van der Waals surface area (Å²) in [6, 6.07) is 8.20. The summed E-state index contributed by atoms with van der Waals surface area (Å²) in [6.45, 7) is 3.10. The minimum Gasteiger partial charge on any atom is -0.311 e. The van der Waals surface area contributed by atoms with E-state index in [0.717, 1.165) is 47.3 Å². The number of aryl methyl sites for hydroxylation is 1. The van der Waals surface area contributed by atoms with Crippen LogP contribution in [0.3, 0.4) is 0 Å². The zero-order chi connectivity index (χ0) is 18.4. The van der Waals surface area contributed by atoms with Crippen molar-refractivity contribution in [2.45, 2.75) is 37.6 Å². The van der Waals surface area contributed by atoms with Crippen LogP contribution in [0.15, 0.2) is 35.6 Å². The quantitative estimate of drug-likeness (QED) is 0.484. The Kier molecular flexibility index (Phi) is 4.40. The van der Waals surface area contributed by atoms with Gasteiger partial charge in [-0.05, 0) is 48.8 Å². The van der Waals surface area contributed by atoms with Crippen molar-refractivity contribution in [2.24, 2.45) is 5.92 Å². The topological polar surface area (TPSA) is 46.1 Å². The van der Waals surface area contributed by atoms with Gasteiger partial charge in [0.05, 0.1) is 5.75 Å². The number of hydrogen-bond acceptors (Lipinski definition) is 5. The van der Waals surface area contributed by atoms with Crippen molar-refractivity contribution in [3.8, 4) is 0 Å². The van der Waals surface area contributed by atoms with Crippen molar-refractivity contribution < 1.29 is 4.79 Å². The molecule has 1 atom stereocenters. The largest absolute Gasteiger partial charge is 0.311 e. The normalized spacial score (nSPS) is 18.6. The highest BCUT2D eigenvalue weighted by Crippen LogP contribution is 2.40. The Labute approximate surface area is 167 Å². The van der Waals surface area contributed by atoms with Crippen LogP contribution in [0.1, 0.15) is 29.3 Å². The molecule has 1 unspecified atom stereocenters. The maximum Gasteiger partial charge on any atom is 0.237 e. The standard InChI is InChI=1S/C21H21N3OS2/c1-13-6-7-15-17(10-13)27-21-19(15)20(22-12-23-21)26-11-18(25)24-9-8-14-4-2-3-5-16(14)24/h2-5,12-13H,6-11H2,1H3. The van der Waals surface area contributed by atoms with Crippen molar-refractivity contribution in [2.75, 3.05) is 17.2 Å². The molecule has 1 aromatic carbocycles. The molecule has 5 rings (SSSR count). The molecule has 0 saturated carbocycles. The van der Waals surface area contributed by atoms with E-state index < -0.39 is 0 Å². The molecule has 138 valence electrons. The van der Waals surface area contributed by atoms with Gasteiger partial charge < -0.3 is 4.90 Å². The maximum atomic E-state index is 12.9. The third-order valence-corrected chi connectivity index (χ3v) is 7.71. The molecule has 0 spiro atoms. The molecule has 1 amide bonds. The molecule has 1 aliphatic heterocycles. The number of thioether (sulfide) groups is 1. The van der Waals surface area contributed by atoms with Crippen LogP contribution in [-0.4, -0.2) is 28.2 Å². The number of amides is 1. The van der Waals surface area contributed by atoms with Crippen LogP contribution in [0.5, 0.6) is 0 Å². The monoisotopic (exact) mass is 395 g/mol. The third kappa shape index (κ3) is 3.05. The Morgan fingerprint density at radius 1 is 1.30 bits per heavy atom. The fourth-order valence-corrected chi connectivity index (χ4v) is 6.48. The second-order valence-corrected chi connectivity index (χ2v) is 9.47. The van der Waals surface area contributed by atoms with Gasteiger partial charge in [-0.25, -0.2) is 9.97 Å². The van der Waals surface area contributed by atoms with Gasteiger partial charge in [-0.2, -0.15) is 0 Å². The number of anilines is 1. The highest BCUT2D eigenvalue weighted by Gasteiger charge is 2.26. The van der Waals surface area contributed by atoms with Crippen LogP contribution in [0.4, 0.5) is 5.69 Å². The predicted molar refractivity (Wildman–Crippen MR) is 112 cm³/mol. The molecule has 3 aromatic rings. The molecular formula is C21H21N3OS2. The minimum atomic E-state index is 0.162. The molecule has 0 saturated heterocycles. The van der Waals surface area contributed by atoms with Crippen molar-refractivity contribution in [1.82, 2.24) is 9.97 Å². The van der Waals surface area contributed by atoms with E-state index in [1.807, 2.05) is 34.4 Å². The van der Waals surface area contributed by atoms with Crippen LogP contribution in [-0.2, 0) is 24.1 Å². The molecule has 2 aromatic heterocycles. The summed E-state index contributed by atoms with van der Waals surface area (Å²) in [5, 5.41) is 2.16. The summed E-state index contributed by atoms with van der Waals surface area (Å²) in [5.74, 6) is 1.32. The molecule has 0 bridgehead atoms. The first-order valence-electron chi connectivity index (χ1n) is 9.47. The lowest BCUT2D eigenvalue weighted by atomic mass is 9.89. The second kappa shape index (κ2) is 6.91. The second-order valence-electron chi connectivity index (χ2n) is 7.42. The van der Waals surface area contributed by atoms with E-state index in [2.05, 4.69) is 23.0 Å². The van der Waals surface area contributed by atoms with E-state index in [0.29, 0.717) is 5.75 Å². The van der Waals surface area contributed by atoms with Crippen LogP contribution in [0.2, 0.25) is 0 Å². The van der Waals surface area contributed by atoms with Crippen LogP contribution in [0, 0.1) is 5.92 Å². The highest BCUT2D eigenvalue weighted by molar-refractivity contribution is 8.00.